The van der Waals surface area contributed by atoms with E-state index in [0.29, 0.717) is 0 Å². The zero-order valence-corrected chi connectivity index (χ0v) is 12.6. The number of halogens is 6. The summed E-state index contributed by atoms with van der Waals surface area (Å²) in [6, 6.07) is 4.70. The van der Waals surface area contributed by atoms with E-state index in [1.807, 2.05) is 0 Å². The third kappa shape index (κ3) is 5.13. The van der Waals surface area contributed by atoms with Crippen LogP contribution in [0, 0.1) is 0 Å². The Morgan fingerprint density at radius 1 is 1.16 bits per heavy atom. The molecule has 0 spiro atoms. The summed E-state index contributed by atoms with van der Waals surface area (Å²) in [6.07, 6.45) is -8.39. The van der Waals surface area contributed by atoms with Gasteiger partial charge in [0.1, 0.15) is 5.75 Å². The first-order valence-electron chi connectivity index (χ1n) is 6.67. The lowest BCUT2D eigenvalue weighted by Gasteiger charge is -2.10. The molecule has 11 heteroatoms. The van der Waals surface area contributed by atoms with Gasteiger partial charge < -0.3 is 10.1 Å². The Morgan fingerprint density at radius 3 is 2.28 bits per heavy atom. The van der Waals surface area contributed by atoms with E-state index in [1.54, 1.807) is 0 Å². The first-order valence-corrected chi connectivity index (χ1v) is 6.67. The van der Waals surface area contributed by atoms with E-state index in [2.05, 4.69) is 15.2 Å². The molecular formula is C14H11F6N3O2. The molecule has 0 atom stereocenters. The average molecular weight is 367 g/mol. The molecule has 0 bridgehead atoms. The highest BCUT2D eigenvalue weighted by molar-refractivity contribution is 6.05. The van der Waals surface area contributed by atoms with Gasteiger partial charge in [-0.15, -0.1) is 0 Å². The Morgan fingerprint density at radius 2 is 1.76 bits per heavy atom. The zero-order valence-electron chi connectivity index (χ0n) is 12.6. The Bertz CT molecular complexity index is 749. The van der Waals surface area contributed by atoms with E-state index in [-0.39, 0.29) is 11.4 Å². The Balaban J connectivity index is 2.09. The molecule has 2 rings (SSSR count). The molecule has 1 amide bonds. The lowest BCUT2D eigenvalue weighted by atomic mass is 10.2. The van der Waals surface area contributed by atoms with E-state index in [4.69, 9.17) is 0 Å². The second-order valence-corrected chi connectivity index (χ2v) is 4.95. The molecule has 2 aromatic rings. The van der Waals surface area contributed by atoms with Crippen LogP contribution in [0.1, 0.15) is 16.1 Å². The van der Waals surface area contributed by atoms with Crippen molar-refractivity contribution < 1.29 is 35.9 Å². The van der Waals surface area contributed by atoms with Crippen LogP contribution in [-0.2, 0) is 13.2 Å². The maximum absolute atomic E-state index is 12.8. The predicted molar refractivity (Wildman–Crippen MR) is 74.2 cm³/mol. The summed E-state index contributed by atoms with van der Waals surface area (Å²) in [7, 11) is 1.23. The van der Waals surface area contributed by atoms with E-state index >= 15 is 0 Å². The van der Waals surface area contributed by atoms with Crippen molar-refractivity contribution in [2.45, 2.75) is 12.4 Å². The zero-order chi connectivity index (χ0) is 18.8. The highest BCUT2D eigenvalue weighted by Gasteiger charge is 2.39. The summed E-state index contributed by atoms with van der Waals surface area (Å²) < 4.78 is 79.9. The fourth-order valence-electron chi connectivity index (χ4n) is 1.86. The van der Waals surface area contributed by atoms with Gasteiger partial charge in [-0.05, 0) is 24.3 Å². The minimum Gasteiger partial charge on any atom is -0.484 e. The second-order valence-electron chi connectivity index (χ2n) is 4.95. The van der Waals surface area contributed by atoms with Crippen LogP contribution < -0.4 is 10.1 Å². The number of amides is 1. The summed E-state index contributed by atoms with van der Waals surface area (Å²) in [5.41, 5.74) is -1.92. The monoisotopic (exact) mass is 367 g/mol. The lowest BCUT2D eigenvalue weighted by molar-refractivity contribution is -0.153. The van der Waals surface area contributed by atoms with Crippen molar-refractivity contribution in [2.24, 2.45) is 7.05 Å². The number of hydrogen-bond acceptors (Lipinski definition) is 3. The molecule has 0 unspecified atom stereocenters. The highest BCUT2D eigenvalue weighted by atomic mass is 19.4. The van der Waals surface area contributed by atoms with Gasteiger partial charge >= 0.3 is 12.4 Å². The second kappa shape index (κ2) is 6.65. The van der Waals surface area contributed by atoms with Gasteiger partial charge in [-0.3, -0.25) is 9.48 Å². The number of rotatable bonds is 4. The number of nitrogens with zero attached hydrogens (tertiary/aromatic N) is 2. The van der Waals surface area contributed by atoms with Crippen LogP contribution in [0.15, 0.2) is 30.5 Å². The van der Waals surface area contributed by atoms with Gasteiger partial charge in [0.15, 0.2) is 12.3 Å². The fraction of sp³-hybridized carbons (Fsp3) is 0.286. The number of aryl methyl sites for hydroxylation is 1. The van der Waals surface area contributed by atoms with Crippen LogP contribution in [0.25, 0.3) is 0 Å². The Hall–Kier alpha value is -2.72. The third-order valence-electron chi connectivity index (χ3n) is 2.86. The van der Waals surface area contributed by atoms with Crippen molar-refractivity contribution in [2.75, 3.05) is 11.9 Å². The molecule has 0 saturated heterocycles. The number of alkyl halides is 6. The van der Waals surface area contributed by atoms with E-state index in [1.165, 1.54) is 19.2 Å². The van der Waals surface area contributed by atoms with Gasteiger partial charge in [0.25, 0.3) is 5.91 Å². The van der Waals surface area contributed by atoms with Gasteiger partial charge in [-0.2, -0.15) is 31.4 Å². The van der Waals surface area contributed by atoms with Gasteiger partial charge in [-0.1, -0.05) is 0 Å². The van der Waals surface area contributed by atoms with Crippen molar-refractivity contribution in [3.63, 3.8) is 0 Å². The molecule has 1 N–H and O–H groups in total. The first kappa shape index (κ1) is 18.6. The maximum atomic E-state index is 12.8. The van der Waals surface area contributed by atoms with E-state index < -0.39 is 36.1 Å². The van der Waals surface area contributed by atoms with E-state index in [9.17, 15) is 31.1 Å². The SMILES string of the molecule is Cn1cc(C(=O)Nc2ccc(OCC(F)(F)F)cc2)c(C(F)(F)F)n1. The molecule has 0 aliphatic carbocycles. The first-order chi connectivity index (χ1) is 11.5. The number of benzene rings is 1. The van der Waals surface area contributed by atoms with Crippen LogP contribution in [-0.4, -0.2) is 28.5 Å². The van der Waals surface area contributed by atoms with Gasteiger partial charge in [0.05, 0.1) is 5.56 Å². The fourth-order valence-corrected chi connectivity index (χ4v) is 1.86. The normalized spacial score (nSPS) is 12.1. The standard InChI is InChI=1S/C14H11F6N3O2/c1-23-6-10(11(22-23)14(18,19)20)12(24)21-8-2-4-9(5-3-8)25-7-13(15,16)17/h2-6H,7H2,1H3,(H,21,24). The summed E-state index contributed by atoms with van der Waals surface area (Å²) in [5.74, 6) is -1.16. The highest BCUT2D eigenvalue weighted by Crippen LogP contribution is 2.31. The molecule has 136 valence electrons. The maximum Gasteiger partial charge on any atom is 0.435 e. The van der Waals surface area contributed by atoms with E-state index in [0.717, 1.165) is 23.0 Å². The Kier molecular flexibility index (Phi) is 4.95. The quantitative estimate of drug-likeness (QED) is 0.840. The van der Waals surface area contributed by atoms with Gasteiger partial charge in [-0.25, -0.2) is 0 Å². The molecular weight excluding hydrogens is 356 g/mol. The van der Waals surface area contributed by atoms with Crippen molar-refractivity contribution in [3.05, 3.63) is 41.7 Å². The molecule has 0 radical (unpaired) electrons. The van der Waals surface area contributed by atoms with Gasteiger partial charge in [0, 0.05) is 18.9 Å². The number of nitrogens with one attached hydrogen (secondary N) is 1. The number of carbonyl (C=O) groups is 1. The van der Waals surface area contributed by atoms with Gasteiger partial charge in [0.2, 0.25) is 0 Å². The molecule has 0 aliphatic rings. The number of hydrogen-bond donors (Lipinski definition) is 1. The van der Waals surface area contributed by atoms with Crippen LogP contribution in [0.5, 0.6) is 5.75 Å². The molecule has 0 aliphatic heterocycles. The molecule has 0 saturated carbocycles. The number of ether oxygens (including phenoxy) is 1. The Labute approximate surface area is 137 Å². The molecule has 1 aromatic carbocycles. The molecule has 5 nitrogen and oxygen atoms in total. The van der Waals surface area contributed by atoms with Crippen LogP contribution in [0.3, 0.4) is 0 Å². The largest absolute Gasteiger partial charge is 0.484 e. The van der Waals surface area contributed by atoms with Crippen molar-refractivity contribution in [1.29, 1.82) is 0 Å². The summed E-state index contributed by atoms with van der Waals surface area (Å²) in [4.78, 5) is 12.0. The lowest BCUT2D eigenvalue weighted by Crippen LogP contribution is -2.19. The number of carbonyl (C=O) groups excluding carboxylic acids is 1. The van der Waals surface area contributed by atoms with Crippen molar-refractivity contribution >= 4 is 11.6 Å². The molecule has 25 heavy (non-hydrogen) atoms. The topological polar surface area (TPSA) is 56.2 Å². The summed E-state index contributed by atoms with van der Waals surface area (Å²) in [6.45, 7) is -1.48. The number of anilines is 1. The summed E-state index contributed by atoms with van der Waals surface area (Å²) in [5, 5.41) is 5.42. The van der Waals surface area contributed by atoms with Crippen LogP contribution in [0.2, 0.25) is 0 Å². The van der Waals surface area contributed by atoms with Crippen LogP contribution >= 0.6 is 0 Å². The van der Waals surface area contributed by atoms with Crippen LogP contribution in [0.4, 0.5) is 32.0 Å². The minimum atomic E-state index is -4.80. The third-order valence-corrected chi connectivity index (χ3v) is 2.86. The average Bonchev–Trinajstić information content (AvgIpc) is 2.88. The smallest absolute Gasteiger partial charge is 0.435 e. The minimum absolute atomic E-state index is 0.0846. The summed E-state index contributed by atoms with van der Waals surface area (Å²) >= 11 is 0. The number of aromatic nitrogens is 2. The molecule has 0 fully saturated rings. The van der Waals surface area contributed by atoms with Crippen molar-refractivity contribution in [3.8, 4) is 5.75 Å². The predicted octanol–water partition coefficient (Wildman–Crippen LogP) is 3.63. The van der Waals surface area contributed by atoms with Crippen molar-refractivity contribution in [1.82, 2.24) is 9.78 Å². The molecule has 1 heterocycles. The molecule has 1 aromatic heterocycles.